The SMILES string of the molecule is CNc1cc(-c2ccnc(C#N)c2)ccn1. The van der Waals surface area contributed by atoms with Gasteiger partial charge in [0.15, 0.2) is 0 Å². The second-order valence-electron chi connectivity index (χ2n) is 3.22. The minimum Gasteiger partial charge on any atom is -0.373 e. The molecule has 0 spiro atoms. The number of pyridine rings is 2. The smallest absolute Gasteiger partial charge is 0.141 e. The van der Waals surface area contributed by atoms with Gasteiger partial charge >= 0.3 is 0 Å². The molecule has 0 aliphatic carbocycles. The van der Waals surface area contributed by atoms with Gasteiger partial charge in [0.1, 0.15) is 17.6 Å². The minimum absolute atomic E-state index is 0.417. The topological polar surface area (TPSA) is 61.6 Å². The largest absolute Gasteiger partial charge is 0.373 e. The fourth-order valence-corrected chi connectivity index (χ4v) is 1.42. The molecule has 78 valence electrons. The van der Waals surface area contributed by atoms with Gasteiger partial charge in [0.05, 0.1) is 0 Å². The van der Waals surface area contributed by atoms with Crippen LogP contribution in [-0.2, 0) is 0 Å². The molecular formula is C12H10N4. The Morgan fingerprint density at radius 3 is 2.50 bits per heavy atom. The Labute approximate surface area is 93.6 Å². The summed E-state index contributed by atoms with van der Waals surface area (Å²) < 4.78 is 0. The Morgan fingerprint density at radius 2 is 1.81 bits per heavy atom. The Balaban J connectivity index is 2.46. The predicted octanol–water partition coefficient (Wildman–Crippen LogP) is 2.06. The lowest BCUT2D eigenvalue weighted by Gasteiger charge is -2.04. The van der Waals surface area contributed by atoms with E-state index < -0.39 is 0 Å². The Bertz CT molecular complexity index is 543. The molecule has 0 aliphatic heterocycles. The molecule has 0 saturated carbocycles. The molecule has 4 nitrogen and oxygen atoms in total. The average molecular weight is 210 g/mol. The first-order chi connectivity index (χ1) is 7.83. The van der Waals surface area contributed by atoms with E-state index in [2.05, 4.69) is 15.3 Å². The van der Waals surface area contributed by atoms with Crippen molar-refractivity contribution in [1.29, 1.82) is 5.26 Å². The van der Waals surface area contributed by atoms with Crippen molar-refractivity contribution < 1.29 is 0 Å². The van der Waals surface area contributed by atoms with Crippen molar-refractivity contribution in [2.75, 3.05) is 12.4 Å². The third-order valence-electron chi connectivity index (χ3n) is 2.22. The van der Waals surface area contributed by atoms with Crippen LogP contribution in [0.4, 0.5) is 5.82 Å². The van der Waals surface area contributed by atoms with Crippen LogP contribution in [0.5, 0.6) is 0 Å². The molecule has 0 aromatic carbocycles. The first-order valence-electron chi connectivity index (χ1n) is 4.84. The van der Waals surface area contributed by atoms with Crippen molar-refractivity contribution in [3.63, 3.8) is 0 Å². The third kappa shape index (κ3) is 1.98. The van der Waals surface area contributed by atoms with E-state index in [4.69, 9.17) is 5.26 Å². The van der Waals surface area contributed by atoms with E-state index in [1.54, 1.807) is 18.5 Å². The summed E-state index contributed by atoms with van der Waals surface area (Å²) in [4.78, 5) is 8.07. The van der Waals surface area contributed by atoms with Crippen LogP contribution < -0.4 is 5.32 Å². The van der Waals surface area contributed by atoms with Gasteiger partial charge in [-0.3, -0.25) is 0 Å². The highest BCUT2D eigenvalue weighted by atomic mass is 14.9. The van der Waals surface area contributed by atoms with E-state index in [0.717, 1.165) is 16.9 Å². The molecule has 0 radical (unpaired) electrons. The highest BCUT2D eigenvalue weighted by Crippen LogP contribution is 2.20. The molecule has 0 unspecified atom stereocenters. The van der Waals surface area contributed by atoms with Crippen LogP contribution in [0.1, 0.15) is 5.69 Å². The lowest BCUT2D eigenvalue weighted by Crippen LogP contribution is -1.92. The Kier molecular flexibility index (Phi) is 2.79. The molecule has 0 bridgehead atoms. The van der Waals surface area contributed by atoms with Crippen molar-refractivity contribution in [3.8, 4) is 17.2 Å². The number of nitrogens with one attached hydrogen (secondary N) is 1. The van der Waals surface area contributed by atoms with E-state index in [1.807, 2.05) is 31.3 Å². The first kappa shape index (κ1) is 10.1. The number of aromatic nitrogens is 2. The second-order valence-corrected chi connectivity index (χ2v) is 3.22. The number of anilines is 1. The van der Waals surface area contributed by atoms with Crippen LogP contribution >= 0.6 is 0 Å². The lowest BCUT2D eigenvalue weighted by atomic mass is 10.1. The van der Waals surface area contributed by atoms with E-state index in [-0.39, 0.29) is 0 Å². The summed E-state index contributed by atoms with van der Waals surface area (Å²) in [6, 6.07) is 9.48. The highest BCUT2D eigenvalue weighted by Gasteiger charge is 2.01. The van der Waals surface area contributed by atoms with Crippen molar-refractivity contribution in [2.45, 2.75) is 0 Å². The molecule has 2 aromatic heterocycles. The number of nitriles is 1. The molecule has 0 saturated heterocycles. The van der Waals surface area contributed by atoms with Crippen LogP contribution in [0.2, 0.25) is 0 Å². The van der Waals surface area contributed by atoms with Gasteiger partial charge < -0.3 is 5.32 Å². The summed E-state index contributed by atoms with van der Waals surface area (Å²) >= 11 is 0. The molecule has 0 fully saturated rings. The van der Waals surface area contributed by atoms with Crippen LogP contribution in [0.3, 0.4) is 0 Å². The summed E-state index contributed by atoms with van der Waals surface area (Å²) in [5.41, 5.74) is 2.39. The van der Waals surface area contributed by atoms with Crippen molar-refractivity contribution in [2.24, 2.45) is 0 Å². The molecule has 0 aliphatic rings. The fraction of sp³-hybridized carbons (Fsp3) is 0.0833. The van der Waals surface area contributed by atoms with E-state index in [9.17, 15) is 0 Å². The zero-order chi connectivity index (χ0) is 11.4. The summed E-state index contributed by atoms with van der Waals surface area (Å²) in [6.07, 6.45) is 3.36. The van der Waals surface area contributed by atoms with Gasteiger partial charge in [-0.05, 0) is 35.4 Å². The minimum atomic E-state index is 0.417. The summed E-state index contributed by atoms with van der Waals surface area (Å²) in [6.45, 7) is 0. The second kappa shape index (κ2) is 4.41. The van der Waals surface area contributed by atoms with Crippen LogP contribution in [0, 0.1) is 11.3 Å². The van der Waals surface area contributed by atoms with Gasteiger partial charge in [0.2, 0.25) is 0 Å². The molecule has 0 amide bonds. The predicted molar refractivity (Wildman–Crippen MR) is 61.7 cm³/mol. The number of nitrogens with zero attached hydrogens (tertiary/aromatic N) is 3. The first-order valence-corrected chi connectivity index (χ1v) is 4.84. The summed E-state index contributed by atoms with van der Waals surface area (Å²) in [5, 5.41) is 11.7. The zero-order valence-electron chi connectivity index (χ0n) is 8.81. The summed E-state index contributed by atoms with van der Waals surface area (Å²) in [7, 11) is 1.82. The zero-order valence-corrected chi connectivity index (χ0v) is 8.81. The molecule has 16 heavy (non-hydrogen) atoms. The van der Waals surface area contributed by atoms with Gasteiger partial charge in [0, 0.05) is 19.4 Å². The van der Waals surface area contributed by atoms with E-state index >= 15 is 0 Å². The standard InChI is InChI=1S/C12H10N4/c1-14-12-7-10(3-5-16-12)9-2-4-15-11(6-9)8-13/h2-7H,1H3,(H,14,16). The van der Waals surface area contributed by atoms with Gasteiger partial charge in [-0.2, -0.15) is 5.26 Å². The lowest BCUT2D eigenvalue weighted by molar-refractivity contribution is 1.26. The molecule has 1 N–H and O–H groups in total. The molecule has 2 heterocycles. The fourth-order valence-electron chi connectivity index (χ4n) is 1.42. The maximum absolute atomic E-state index is 8.77. The van der Waals surface area contributed by atoms with Gasteiger partial charge in [-0.15, -0.1) is 0 Å². The monoisotopic (exact) mass is 210 g/mol. The van der Waals surface area contributed by atoms with Crippen LogP contribution in [0.25, 0.3) is 11.1 Å². The van der Waals surface area contributed by atoms with Gasteiger partial charge in [0.25, 0.3) is 0 Å². The van der Waals surface area contributed by atoms with Crippen LogP contribution in [-0.4, -0.2) is 17.0 Å². The average Bonchev–Trinajstić information content (AvgIpc) is 2.39. The number of hydrogen-bond donors (Lipinski definition) is 1. The maximum Gasteiger partial charge on any atom is 0.141 e. The molecular weight excluding hydrogens is 200 g/mol. The van der Waals surface area contributed by atoms with Crippen molar-refractivity contribution in [1.82, 2.24) is 9.97 Å². The quantitative estimate of drug-likeness (QED) is 0.824. The molecule has 2 rings (SSSR count). The maximum atomic E-state index is 8.77. The van der Waals surface area contributed by atoms with Crippen molar-refractivity contribution in [3.05, 3.63) is 42.4 Å². The molecule has 2 aromatic rings. The molecule has 0 atom stereocenters. The van der Waals surface area contributed by atoms with Crippen LogP contribution in [0.15, 0.2) is 36.7 Å². The summed E-state index contributed by atoms with van der Waals surface area (Å²) in [5.74, 6) is 0.799. The highest BCUT2D eigenvalue weighted by molar-refractivity contribution is 5.66. The Hall–Kier alpha value is -2.41. The molecule has 4 heteroatoms. The van der Waals surface area contributed by atoms with Gasteiger partial charge in [-0.25, -0.2) is 9.97 Å². The van der Waals surface area contributed by atoms with E-state index in [1.165, 1.54) is 0 Å². The normalized spacial score (nSPS) is 9.50. The van der Waals surface area contributed by atoms with Crippen molar-refractivity contribution >= 4 is 5.82 Å². The van der Waals surface area contributed by atoms with E-state index in [0.29, 0.717) is 5.69 Å². The van der Waals surface area contributed by atoms with Gasteiger partial charge in [-0.1, -0.05) is 0 Å². The number of hydrogen-bond acceptors (Lipinski definition) is 4. The third-order valence-corrected chi connectivity index (χ3v) is 2.22. The Morgan fingerprint density at radius 1 is 1.12 bits per heavy atom. The number of rotatable bonds is 2.